The van der Waals surface area contributed by atoms with Gasteiger partial charge in [-0.1, -0.05) is 213 Å². The van der Waals surface area contributed by atoms with E-state index in [1.807, 2.05) is 0 Å². The van der Waals surface area contributed by atoms with E-state index in [4.69, 9.17) is 4.74 Å². The molecule has 0 radical (unpaired) electrons. The zero-order chi connectivity index (χ0) is 32.9. The van der Waals surface area contributed by atoms with Crippen LogP contribution in [0.5, 0.6) is 0 Å². The Morgan fingerprint density at radius 1 is 0.467 bits per heavy atom. The maximum atomic E-state index is 12.7. The summed E-state index contributed by atoms with van der Waals surface area (Å²) >= 11 is 0. The molecule has 0 aromatic rings. The Morgan fingerprint density at radius 3 is 1.07 bits per heavy atom. The third kappa shape index (κ3) is 34.5. The van der Waals surface area contributed by atoms with E-state index in [2.05, 4.69) is 13.8 Å². The Hall–Kier alpha value is -0.610. The molecule has 0 spiro atoms. The first-order chi connectivity index (χ1) is 22.2. The van der Waals surface area contributed by atoms with Crippen LogP contribution in [0.25, 0.3) is 0 Å². The minimum absolute atomic E-state index is 0.177. The highest BCUT2D eigenvalue weighted by Gasteiger charge is 2.23. The number of hydrogen-bond acceptors (Lipinski definition) is 4. The van der Waals surface area contributed by atoms with Gasteiger partial charge < -0.3 is 14.9 Å². The molecule has 0 aliphatic carbocycles. The lowest BCUT2D eigenvalue weighted by atomic mass is 9.94. The fourth-order valence-corrected chi connectivity index (χ4v) is 6.61. The minimum Gasteiger partial charge on any atom is -0.465 e. The predicted molar refractivity (Wildman–Crippen MR) is 196 cm³/mol. The average molecular weight is 639 g/mol. The van der Waals surface area contributed by atoms with E-state index in [9.17, 15) is 15.0 Å². The van der Waals surface area contributed by atoms with Gasteiger partial charge in [-0.3, -0.25) is 4.79 Å². The zero-order valence-corrected chi connectivity index (χ0v) is 30.8. The van der Waals surface area contributed by atoms with Gasteiger partial charge in [-0.15, -0.1) is 0 Å². The predicted octanol–water partition coefficient (Wildman–Crippen LogP) is 12.8. The first-order valence-corrected chi connectivity index (χ1v) is 20.6. The molecule has 4 nitrogen and oxygen atoms in total. The summed E-state index contributed by atoms with van der Waals surface area (Å²) in [5.41, 5.74) is 0. The van der Waals surface area contributed by atoms with Gasteiger partial charge in [-0.2, -0.15) is 0 Å². The number of rotatable bonds is 38. The van der Waals surface area contributed by atoms with Crippen LogP contribution in [0.1, 0.15) is 232 Å². The van der Waals surface area contributed by atoms with E-state index in [0.29, 0.717) is 13.0 Å². The molecule has 2 unspecified atom stereocenters. The van der Waals surface area contributed by atoms with E-state index in [-0.39, 0.29) is 18.5 Å². The van der Waals surface area contributed by atoms with Crippen LogP contribution >= 0.6 is 0 Å². The van der Waals surface area contributed by atoms with Crippen molar-refractivity contribution in [2.75, 3.05) is 13.2 Å². The lowest BCUT2D eigenvalue weighted by Gasteiger charge is -2.18. The van der Waals surface area contributed by atoms with Gasteiger partial charge in [0.2, 0.25) is 0 Å². The smallest absolute Gasteiger partial charge is 0.309 e. The van der Waals surface area contributed by atoms with Crippen molar-refractivity contribution in [1.82, 2.24) is 0 Å². The zero-order valence-electron chi connectivity index (χ0n) is 30.8. The molecule has 0 saturated carbocycles. The van der Waals surface area contributed by atoms with Gasteiger partial charge in [0, 0.05) is 0 Å². The largest absolute Gasteiger partial charge is 0.465 e. The molecule has 0 saturated heterocycles. The number of carbonyl (C=O) groups is 1. The minimum atomic E-state index is -0.834. The summed E-state index contributed by atoms with van der Waals surface area (Å²) in [4.78, 5) is 12.7. The van der Waals surface area contributed by atoms with E-state index in [0.717, 1.165) is 32.1 Å². The van der Waals surface area contributed by atoms with Gasteiger partial charge >= 0.3 is 5.97 Å². The molecule has 0 bridgehead atoms. The topological polar surface area (TPSA) is 66.8 Å². The summed E-state index contributed by atoms with van der Waals surface area (Å²) in [6, 6.07) is 0. The van der Waals surface area contributed by atoms with Crippen molar-refractivity contribution in [1.29, 1.82) is 0 Å². The lowest BCUT2D eigenvalue weighted by molar-refractivity contribution is -0.150. The van der Waals surface area contributed by atoms with Crippen LogP contribution in [0.2, 0.25) is 0 Å². The molecule has 2 atom stereocenters. The van der Waals surface area contributed by atoms with Crippen molar-refractivity contribution in [3.05, 3.63) is 0 Å². The van der Waals surface area contributed by atoms with Crippen LogP contribution in [-0.4, -0.2) is 35.5 Å². The van der Waals surface area contributed by atoms with Crippen molar-refractivity contribution in [3.8, 4) is 0 Å². The van der Waals surface area contributed by atoms with Crippen LogP contribution < -0.4 is 0 Å². The van der Waals surface area contributed by atoms with Gasteiger partial charge in [-0.05, 0) is 19.3 Å². The van der Waals surface area contributed by atoms with Gasteiger partial charge in [-0.25, -0.2) is 0 Å². The van der Waals surface area contributed by atoms with Gasteiger partial charge in [0.15, 0.2) is 0 Å². The highest BCUT2D eigenvalue weighted by atomic mass is 16.5. The van der Waals surface area contributed by atoms with E-state index in [1.165, 1.54) is 180 Å². The molecule has 0 aromatic carbocycles. The fraction of sp³-hybridized carbons (Fsp3) is 0.976. The van der Waals surface area contributed by atoms with Crippen LogP contribution in [0, 0.1) is 5.92 Å². The standard InChI is InChI=1S/C41H82O4/c1-3-5-7-9-11-13-15-17-19-20-21-22-23-25-27-29-31-33-35-39(37-40(43)38-42)41(44)45-36-34-32-30-28-26-24-18-16-14-12-10-8-6-4-2/h39-40,42-43H,3-38H2,1-2H3. The van der Waals surface area contributed by atoms with Gasteiger partial charge in [0.25, 0.3) is 0 Å². The van der Waals surface area contributed by atoms with Gasteiger partial charge in [0.1, 0.15) is 0 Å². The number of aliphatic hydroxyl groups excluding tert-OH is 2. The molecule has 0 amide bonds. The van der Waals surface area contributed by atoms with E-state index in [1.54, 1.807) is 0 Å². The monoisotopic (exact) mass is 639 g/mol. The summed E-state index contributed by atoms with van der Waals surface area (Å²) in [6.07, 6.45) is 42.9. The maximum Gasteiger partial charge on any atom is 0.309 e. The lowest BCUT2D eigenvalue weighted by Crippen LogP contribution is -2.25. The normalized spacial score (nSPS) is 12.9. The van der Waals surface area contributed by atoms with E-state index >= 15 is 0 Å². The molecule has 0 aliphatic heterocycles. The molecule has 4 heteroatoms. The van der Waals surface area contributed by atoms with Crippen molar-refractivity contribution in [3.63, 3.8) is 0 Å². The molecule has 0 rings (SSSR count). The van der Waals surface area contributed by atoms with Gasteiger partial charge in [0.05, 0.1) is 25.2 Å². The van der Waals surface area contributed by atoms with E-state index < -0.39 is 6.10 Å². The fourth-order valence-electron chi connectivity index (χ4n) is 6.61. The van der Waals surface area contributed by atoms with Crippen molar-refractivity contribution < 1.29 is 19.7 Å². The molecule has 0 aliphatic rings. The van der Waals surface area contributed by atoms with Crippen molar-refractivity contribution in [2.45, 2.75) is 238 Å². The molecular weight excluding hydrogens is 556 g/mol. The first kappa shape index (κ1) is 44.4. The Kier molecular flexibility index (Phi) is 37.3. The Balaban J connectivity index is 3.67. The molecule has 0 aromatic heterocycles. The second kappa shape index (κ2) is 37.8. The highest BCUT2D eigenvalue weighted by molar-refractivity contribution is 5.72. The van der Waals surface area contributed by atoms with Crippen molar-refractivity contribution >= 4 is 5.97 Å². The molecule has 45 heavy (non-hydrogen) atoms. The Morgan fingerprint density at radius 2 is 0.756 bits per heavy atom. The second-order valence-corrected chi connectivity index (χ2v) is 14.3. The van der Waals surface area contributed by atoms with Crippen LogP contribution in [0.15, 0.2) is 0 Å². The molecular formula is C41H82O4. The quantitative estimate of drug-likeness (QED) is 0.0521. The summed E-state index contributed by atoms with van der Waals surface area (Å²) in [7, 11) is 0. The number of unbranched alkanes of at least 4 members (excludes halogenated alkanes) is 30. The van der Waals surface area contributed by atoms with Crippen molar-refractivity contribution in [2.24, 2.45) is 5.92 Å². The number of carbonyl (C=O) groups excluding carboxylic acids is 1. The van der Waals surface area contributed by atoms with Crippen LogP contribution in [0.4, 0.5) is 0 Å². The van der Waals surface area contributed by atoms with Crippen LogP contribution in [-0.2, 0) is 9.53 Å². The molecule has 2 N–H and O–H groups in total. The Bertz CT molecular complexity index is 566. The summed E-state index contributed by atoms with van der Waals surface area (Å²) in [6.45, 7) is 4.76. The highest BCUT2D eigenvalue weighted by Crippen LogP contribution is 2.20. The number of ether oxygens (including phenoxy) is 1. The third-order valence-electron chi connectivity index (χ3n) is 9.75. The molecule has 0 heterocycles. The number of hydrogen-bond donors (Lipinski definition) is 2. The molecule has 0 fully saturated rings. The summed E-state index contributed by atoms with van der Waals surface area (Å²) < 4.78 is 5.61. The number of esters is 1. The summed E-state index contributed by atoms with van der Waals surface area (Å²) in [5.74, 6) is -0.468. The average Bonchev–Trinajstić information content (AvgIpc) is 3.05. The number of aliphatic hydroxyl groups is 2. The summed E-state index contributed by atoms with van der Waals surface area (Å²) in [5, 5.41) is 19.3. The molecule has 270 valence electrons. The SMILES string of the molecule is CCCCCCCCCCCCCCCCCCCCC(CC(O)CO)C(=O)OCCCCCCCCCCCCCCCC. The second-order valence-electron chi connectivity index (χ2n) is 14.3. The van der Waals surface area contributed by atoms with Crippen LogP contribution in [0.3, 0.4) is 0 Å². The maximum absolute atomic E-state index is 12.7. The third-order valence-corrected chi connectivity index (χ3v) is 9.75. The first-order valence-electron chi connectivity index (χ1n) is 20.6. The Labute approximate surface area is 282 Å².